The van der Waals surface area contributed by atoms with Gasteiger partial charge >= 0.3 is 5.91 Å². The van der Waals surface area contributed by atoms with E-state index < -0.39 is 23.8 Å². The molecular formula is C23H18BrFN3O2+. The Balaban J connectivity index is 1.68. The number of hydrazine groups is 1. The van der Waals surface area contributed by atoms with Crippen molar-refractivity contribution in [1.29, 1.82) is 0 Å². The molecule has 0 saturated carbocycles. The number of hydrazone groups is 1. The maximum atomic E-state index is 13.2. The molecule has 1 saturated heterocycles. The molecule has 0 aromatic heterocycles. The molecule has 1 fully saturated rings. The highest BCUT2D eigenvalue weighted by Gasteiger charge is 2.47. The van der Waals surface area contributed by atoms with E-state index in [1.54, 1.807) is 4.68 Å². The van der Waals surface area contributed by atoms with Crippen LogP contribution in [0.4, 0.5) is 4.39 Å². The number of rotatable bonds is 4. The van der Waals surface area contributed by atoms with Crippen LogP contribution >= 0.6 is 15.9 Å². The quantitative estimate of drug-likeness (QED) is 0.577. The van der Waals surface area contributed by atoms with Gasteiger partial charge in [-0.05, 0) is 48.5 Å². The third-order valence-electron chi connectivity index (χ3n) is 4.83. The topological polar surface area (TPSA) is 61.2 Å². The average molecular weight is 467 g/mol. The summed E-state index contributed by atoms with van der Waals surface area (Å²) in [7, 11) is 0. The summed E-state index contributed by atoms with van der Waals surface area (Å²) in [5, 5.41) is 2.80. The molecule has 2 N–H and O–H groups in total. The van der Waals surface area contributed by atoms with E-state index in [1.165, 1.54) is 24.3 Å². The van der Waals surface area contributed by atoms with Gasteiger partial charge in [0.05, 0.1) is 0 Å². The normalized spacial score (nSPS) is 19.5. The van der Waals surface area contributed by atoms with Gasteiger partial charge in [0, 0.05) is 21.2 Å². The third-order valence-corrected chi connectivity index (χ3v) is 5.36. The smallest absolute Gasteiger partial charge is 0.304 e. The largest absolute Gasteiger partial charge is 0.334 e. The number of benzene rings is 3. The number of halogens is 2. The summed E-state index contributed by atoms with van der Waals surface area (Å²) >= 11 is 3.41. The summed E-state index contributed by atoms with van der Waals surface area (Å²) < 4.78 is 15.8. The molecule has 0 bridgehead atoms. The molecule has 3 aromatic carbocycles. The first-order valence-corrected chi connectivity index (χ1v) is 10.1. The SMILES string of the molecule is O=C(NC1C(=O)N/[N+](=C\c2ccc(Br)cc2)C1c1ccccc1)c1ccc(F)cc1. The molecule has 30 heavy (non-hydrogen) atoms. The van der Waals surface area contributed by atoms with Crippen LogP contribution in [0.2, 0.25) is 0 Å². The first-order valence-electron chi connectivity index (χ1n) is 9.32. The lowest BCUT2D eigenvalue weighted by Crippen LogP contribution is -2.42. The van der Waals surface area contributed by atoms with E-state index in [9.17, 15) is 14.0 Å². The molecule has 7 heteroatoms. The van der Waals surface area contributed by atoms with Crippen LogP contribution in [0.3, 0.4) is 0 Å². The number of carbonyl (C=O) groups is 2. The Kier molecular flexibility index (Phi) is 5.72. The molecule has 3 aromatic rings. The molecule has 2 atom stereocenters. The zero-order chi connectivity index (χ0) is 21.1. The maximum absolute atomic E-state index is 13.2. The van der Waals surface area contributed by atoms with Gasteiger partial charge in [0.2, 0.25) is 12.3 Å². The molecule has 5 nitrogen and oxygen atoms in total. The minimum absolute atomic E-state index is 0.284. The fraction of sp³-hybridized carbons (Fsp3) is 0.0870. The number of hydrogen-bond acceptors (Lipinski definition) is 2. The van der Waals surface area contributed by atoms with Crippen LogP contribution in [0.1, 0.15) is 27.5 Å². The molecule has 1 heterocycles. The minimum Gasteiger partial charge on any atom is -0.334 e. The summed E-state index contributed by atoms with van der Waals surface area (Å²) in [6.07, 6.45) is 1.83. The van der Waals surface area contributed by atoms with E-state index in [1.807, 2.05) is 60.8 Å². The van der Waals surface area contributed by atoms with Crippen LogP contribution < -0.4 is 10.7 Å². The first kappa shape index (κ1) is 20.0. The van der Waals surface area contributed by atoms with Crippen molar-refractivity contribution in [3.63, 3.8) is 0 Å². The van der Waals surface area contributed by atoms with E-state index in [4.69, 9.17) is 0 Å². The van der Waals surface area contributed by atoms with Crippen molar-refractivity contribution in [1.82, 2.24) is 10.7 Å². The van der Waals surface area contributed by atoms with Crippen LogP contribution in [0.15, 0.2) is 83.3 Å². The van der Waals surface area contributed by atoms with Crippen LogP contribution in [0.25, 0.3) is 0 Å². The van der Waals surface area contributed by atoms with Crippen LogP contribution in [0, 0.1) is 5.82 Å². The third kappa shape index (κ3) is 4.31. The lowest BCUT2D eigenvalue weighted by molar-refractivity contribution is -0.596. The summed E-state index contributed by atoms with van der Waals surface area (Å²) in [4.78, 5) is 25.5. The van der Waals surface area contributed by atoms with Crippen molar-refractivity contribution >= 4 is 34.0 Å². The summed E-state index contributed by atoms with van der Waals surface area (Å²) in [6.45, 7) is 0. The van der Waals surface area contributed by atoms with Gasteiger partial charge in [-0.1, -0.05) is 46.3 Å². The molecule has 0 radical (unpaired) electrons. The molecule has 150 valence electrons. The Morgan fingerprint density at radius 2 is 1.67 bits per heavy atom. The van der Waals surface area contributed by atoms with Crippen molar-refractivity contribution in [3.8, 4) is 0 Å². The van der Waals surface area contributed by atoms with E-state index in [2.05, 4.69) is 26.7 Å². The van der Waals surface area contributed by atoms with Crippen LogP contribution in [-0.2, 0) is 4.79 Å². The standard InChI is InChI=1S/C23H17BrFN3O2/c24-18-10-6-15(7-11-18)14-28-21(16-4-2-1-3-5-16)20(23(30)27-28)26-22(29)17-8-12-19(25)13-9-17/h1-14,20-21H,(H-,26,27,29,30)/p+1/b28-14-. The number of nitrogens with one attached hydrogen (secondary N) is 2. The highest BCUT2D eigenvalue weighted by molar-refractivity contribution is 9.10. The van der Waals surface area contributed by atoms with Crippen LogP contribution in [-0.4, -0.2) is 28.8 Å². The molecule has 0 aliphatic carbocycles. The Labute approximate surface area is 181 Å². The van der Waals surface area contributed by atoms with Gasteiger partial charge < -0.3 is 5.32 Å². The van der Waals surface area contributed by atoms with Crippen molar-refractivity contribution in [2.24, 2.45) is 0 Å². The fourth-order valence-electron chi connectivity index (χ4n) is 3.37. The van der Waals surface area contributed by atoms with Gasteiger partial charge in [0.15, 0.2) is 6.04 Å². The van der Waals surface area contributed by atoms with Crippen LogP contribution in [0.5, 0.6) is 0 Å². The molecule has 1 aliphatic heterocycles. The highest BCUT2D eigenvalue weighted by atomic mass is 79.9. The zero-order valence-electron chi connectivity index (χ0n) is 15.8. The zero-order valence-corrected chi connectivity index (χ0v) is 17.3. The molecular weight excluding hydrogens is 449 g/mol. The second-order valence-electron chi connectivity index (χ2n) is 6.88. The number of hydrogen-bond donors (Lipinski definition) is 2. The minimum atomic E-state index is -0.823. The molecule has 4 rings (SSSR count). The molecule has 0 spiro atoms. The molecule has 2 amide bonds. The van der Waals surface area contributed by atoms with E-state index in [-0.39, 0.29) is 11.5 Å². The van der Waals surface area contributed by atoms with Gasteiger partial charge in [-0.25, -0.2) is 4.39 Å². The predicted octanol–water partition coefficient (Wildman–Crippen LogP) is 3.60. The summed E-state index contributed by atoms with van der Waals surface area (Å²) in [5.74, 6) is -1.20. The van der Waals surface area contributed by atoms with Crippen molar-refractivity contribution in [2.75, 3.05) is 0 Å². The van der Waals surface area contributed by atoms with Gasteiger partial charge in [0.1, 0.15) is 5.82 Å². The molecule has 2 unspecified atom stereocenters. The summed E-state index contributed by atoms with van der Waals surface area (Å²) in [5.41, 5.74) is 4.88. The van der Waals surface area contributed by atoms with E-state index in [0.717, 1.165) is 15.6 Å². The second-order valence-corrected chi connectivity index (χ2v) is 7.79. The highest BCUT2D eigenvalue weighted by Crippen LogP contribution is 2.25. The summed E-state index contributed by atoms with van der Waals surface area (Å²) in [6, 6.07) is 21.1. The Morgan fingerprint density at radius 3 is 2.33 bits per heavy atom. The van der Waals surface area contributed by atoms with Gasteiger partial charge in [-0.15, -0.1) is 10.1 Å². The van der Waals surface area contributed by atoms with E-state index >= 15 is 0 Å². The van der Waals surface area contributed by atoms with Crippen molar-refractivity contribution in [3.05, 3.63) is 106 Å². The molecule has 1 aliphatic rings. The Hall–Kier alpha value is -3.32. The Bertz CT molecular complexity index is 1100. The van der Waals surface area contributed by atoms with Gasteiger partial charge in [0.25, 0.3) is 5.91 Å². The monoisotopic (exact) mass is 466 g/mol. The fourth-order valence-corrected chi connectivity index (χ4v) is 3.63. The predicted molar refractivity (Wildman–Crippen MR) is 115 cm³/mol. The van der Waals surface area contributed by atoms with Gasteiger partial charge in [-0.2, -0.15) is 0 Å². The first-order chi connectivity index (χ1) is 14.5. The lowest BCUT2D eigenvalue weighted by atomic mass is 10.00. The number of carbonyl (C=O) groups excluding carboxylic acids is 2. The number of amides is 2. The van der Waals surface area contributed by atoms with Crippen molar-refractivity contribution < 1.29 is 18.7 Å². The van der Waals surface area contributed by atoms with Crippen molar-refractivity contribution in [2.45, 2.75) is 12.1 Å². The average Bonchev–Trinajstić information content (AvgIpc) is 3.05. The Morgan fingerprint density at radius 1 is 1.00 bits per heavy atom. The van der Waals surface area contributed by atoms with E-state index in [0.29, 0.717) is 0 Å². The van der Waals surface area contributed by atoms with Gasteiger partial charge in [-0.3, -0.25) is 9.59 Å². The maximum Gasteiger partial charge on any atom is 0.304 e. The second kappa shape index (κ2) is 8.59. The lowest BCUT2D eigenvalue weighted by Gasteiger charge is -2.14. The number of nitrogens with zero attached hydrogens (tertiary/aromatic N) is 1.